The SMILES string of the molecule is Cc1ccc2c(n1)N(CCN(C)C)CCN(C(=O)c1ccoc1)C2.O=C(O)C(F)(F)F.O=C(O)C(F)(F)F. The molecule has 0 fully saturated rings. The van der Waals surface area contributed by atoms with E-state index in [1.165, 1.54) is 12.5 Å². The highest BCUT2D eigenvalue weighted by atomic mass is 19.4. The minimum atomic E-state index is -5.08. The van der Waals surface area contributed by atoms with E-state index in [9.17, 15) is 31.1 Å². The Balaban J connectivity index is 0.000000426. The third-order valence-electron chi connectivity index (χ3n) is 4.75. The largest absolute Gasteiger partial charge is 0.490 e. The lowest BCUT2D eigenvalue weighted by molar-refractivity contribution is -0.193. The lowest BCUT2D eigenvalue weighted by Crippen LogP contribution is -2.38. The predicted molar refractivity (Wildman–Crippen MR) is 121 cm³/mol. The molecule has 2 aromatic heterocycles. The molecule has 0 unspecified atom stereocenters. The number of fused-ring (bicyclic) bond motifs is 1. The van der Waals surface area contributed by atoms with Crippen LogP contribution in [0.5, 0.6) is 0 Å². The standard InChI is InChI=1S/C18H24N4O2.2C2HF3O2/c1-14-4-5-15-12-22(18(23)16-6-11-24-13-16)10-9-21(17(15)19-14)8-7-20(2)3;2*3-2(4,5)1(6)7/h4-6,11,13H,7-10,12H2,1-3H3;2*(H,6,7). The normalized spacial score (nSPS) is 13.4. The van der Waals surface area contributed by atoms with Gasteiger partial charge in [-0.2, -0.15) is 26.3 Å². The van der Waals surface area contributed by atoms with Gasteiger partial charge in [-0.1, -0.05) is 6.07 Å². The molecule has 0 bridgehead atoms. The van der Waals surface area contributed by atoms with Crippen LogP contribution in [0.15, 0.2) is 35.1 Å². The second-order valence-electron chi connectivity index (χ2n) is 8.07. The van der Waals surface area contributed by atoms with Crippen molar-refractivity contribution >= 4 is 23.7 Å². The number of likely N-dealkylation sites (N-methyl/N-ethyl adjacent to an activating group) is 1. The van der Waals surface area contributed by atoms with Crippen LogP contribution in [0.25, 0.3) is 0 Å². The third-order valence-corrected chi connectivity index (χ3v) is 4.75. The van der Waals surface area contributed by atoms with Crippen molar-refractivity contribution in [2.24, 2.45) is 0 Å². The molecule has 0 atom stereocenters. The lowest BCUT2D eigenvalue weighted by Gasteiger charge is -2.25. The van der Waals surface area contributed by atoms with Gasteiger partial charge in [-0.05, 0) is 33.2 Å². The van der Waals surface area contributed by atoms with Gasteiger partial charge < -0.3 is 29.3 Å². The van der Waals surface area contributed by atoms with Gasteiger partial charge in [-0.3, -0.25) is 4.79 Å². The summed E-state index contributed by atoms with van der Waals surface area (Å²) in [6.45, 7) is 5.87. The van der Waals surface area contributed by atoms with Crippen LogP contribution in [0, 0.1) is 6.92 Å². The first-order chi connectivity index (χ1) is 17.4. The van der Waals surface area contributed by atoms with Crippen LogP contribution in [0.3, 0.4) is 0 Å². The van der Waals surface area contributed by atoms with E-state index in [1.54, 1.807) is 6.07 Å². The molecule has 2 N–H and O–H groups in total. The van der Waals surface area contributed by atoms with Crippen molar-refractivity contribution in [3.63, 3.8) is 0 Å². The summed E-state index contributed by atoms with van der Waals surface area (Å²) in [6.07, 6.45) is -7.13. The highest BCUT2D eigenvalue weighted by Gasteiger charge is 2.38. The third kappa shape index (κ3) is 10.7. The molecule has 0 aromatic carbocycles. The number of aliphatic carboxylic acids is 2. The summed E-state index contributed by atoms with van der Waals surface area (Å²) >= 11 is 0. The van der Waals surface area contributed by atoms with E-state index in [0.29, 0.717) is 18.7 Å². The van der Waals surface area contributed by atoms with Gasteiger partial charge in [0.2, 0.25) is 0 Å². The number of rotatable bonds is 4. The number of halogens is 6. The maximum absolute atomic E-state index is 12.7. The van der Waals surface area contributed by atoms with Crippen molar-refractivity contribution < 1.29 is 55.4 Å². The van der Waals surface area contributed by atoms with Gasteiger partial charge in [0, 0.05) is 44.0 Å². The molecule has 0 aliphatic carbocycles. The minimum Gasteiger partial charge on any atom is -0.475 e. The number of carboxylic acids is 2. The zero-order chi connectivity index (χ0) is 29.3. The van der Waals surface area contributed by atoms with Gasteiger partial charge in [0.15, 0.2) is 0 Å². The first-order valence-corrected chi connectivity index (χ1v) is 10.7. The Hall–Kier alpha value is -3.82. The van der Waals surface area contributed by atoms with Gasteiger partial charge in [-0.25, -0.2) is 14.6 Å². The molecule has 3 heterocycles. The number of amides is 1. The maximum Gasteiger partial charge on any atom is 0.490 e. The summed E-state index contributed by atoms with van der Waals surface area (Å²) in [4.78, 5) is 41.5. The van der Waals surface area contributed by atoms with Gasteiger partial charge in [0.1, 0.15) is 12.1 Å². The molecule has 0 saturated heterocycles. The summed E-state index contributed by atoms with van der Waals surface area (Å²) in [6, 6.07) is 5.81. The monoisotopic (exact) mass is 556 g/mol. The first kappa shape index (κ1) is 32.2. The molecule has 1 amide bonds. The number of furan rings is 1. The molecule has 16 heteroatoms. The molecular formula is C22H26F6N4O6. The fourth-order valence-corrected chi connectivity index (χ4v) is 2.88. The van der Waals surface area contributed by atoms with Crippen molar-refractivity contribution in [2.45, 2.75) is 25.8 Å². The summed E-state index contributed by atoms with van der Waals surface area (Å²) in [5.74, 6) is -4.51. The molecule has 10 nitrogen and oxygen atoms in total. The number of aryl methyl sites for hydroxylation is 1. The number of hydrogen-bond donors (Lipinski definition) is 2. The average molecular weight is 556 g/mol. The van der Waals surface area contributed by atoms with Gasteiger partial charge in [0.05, 0.1) is 11.8 Å². The van der Waals surface area contributed by atoms with Crippen LogP contribution < -0.4 is 4.90 Å². The van der Waals surface area contributed by atoms with Gasteiger partial charge in [-0.15, -0.1) is 0 Å². The molecule has 38 heavy (non-hydrogen) atoms. The zero-order valence-corrected chi connectivity index (χ0v) is 20.5. The fraction of sp³-hybridized carbons (Fsp3) is 0.455. The van der Waals surface area contributed by atoms with Crippen molar-refractivity contribution in [3.05, 3.63) is 47.5 Å². The number of carbonyl (C=O) groups excluding carboxylic acids is 1. The van der Waals surface area contributed by atoms with E-state index in [-0.39, 0.29) is 5.91 Å². The van der Waals surface area contributed by atoms with E-state index in [4.69, 9.17) is 29.2 Å². The second-order valence-corrected chi connectivity index (χ2v) is 8.07. The molecule has 1 aliphatic rings. The van der Waals surface area contributed by atoms with Crippen molar-refractivity contribution in [3.8, 4) is 0 Å². The quantitative estimate of drug-likeness (QED) is 0.546. The topological polar surface area (TPSA) is 127 Å². The minimum absolute atomic E-state index is 0.00438. The second kappa shape index (κ2) is 13.6. The first-order valence-electron chi connectivity index (χ1n) is 10.7. The number of hydrogen-bond acceptors (Lipinski definition) is 7. The van der Waals surface area contributed by atoms with Gasteiger partial charge in [0.25, 0.3) is 5.91 Å². The maximum atomic E-state index is 12.7. The van der Waals surface area contributed by atoms with Crippen LogP contribution in [0.4, 0.5) is 32.2 Å². The van der Waals surface area contributed by atoms with Crippen molar-refractivity contribution in [2.75, 3.05) is 45.2 Å². The fourth-order valence-electron chi connectivity index (χ4n) is 2.88. The number of nitrogens with zero attached hydrogens (tertiary/aromatic N) is 4. The van der Waals surface area contributed by atoms with Crippen LogP contribution >= 0.6 is 0 Å². The zero-order valence-electron chi connectivity index (χ0n) is 20.5. The molecule has 2 aromatic rings. The number of carbonyl (C=O) groups is 3. The smallest absolute Gasteiger partial charge is 0.475 e. The van der Waals surface area contributed by atoms with E-state index < -0.39 is 24.3 Å². The van der Waals surface area contributed by atoms with Crippen LogP contribution in [0.1, 0.15) is 21.6 Å². The molecule has 0 radical (unpaired) electrons. The van der Waals surface area contributed by atoms with Crippen LogP contribution in [0.2, 0.25) is 0 Å². The Morgan fingerprint density at radius 3 is 2.00 bits per heavy atom. The lowest BCUT2D eigenvalue weighted by atomic mass is 10.2. The average Bonchev–Trinajstić information content (AvgIpc) is 3.27. The molecule has 0 spiro atoms. The number of carboxylic acid groups (broad SMARTS) is 2. The van der Waals surface area contributed by atoms with Crippen molar-refractivity contribution in [1.29, 1.82) is 0 Å². The molecule has 0 saturated carbocycles. The van der Waals surface area contributed by atoms with E-state index >= 15 is 0 Å². The highest BCUT2D eigenvalue weighted by molar-refractivity contribution is 5.94. The highest BCUT2D eigenvalue weighted by Crippen LogP contribution is 2.24. The van der Waals surface area contributed by atoms with E-state index in [0.717, 1.165) is 36.7 Å². The number of anilines is 1. The van der Waals surface area contributed by atoms with Crippen LogP contribution in [-0.4, -0.2) is 95.5 Å². The molecule has 3 rings (SSSR count). The number of alkyl halides is 6. The predicted octanol–water partition coefficient (Wildman–Crippen LogP) is 3.27. The van der Waals surface area contributed by atoms with Crippen LogP contribution in [-0.2, 0) is 16.1 Å². The van der Waals surface area contributed by atoms with E-state index in [1.807, 2.05) is 17.9 Å². The molecular weight excluding hydrogens is 530 g/mol. The summed E-state index contributed by atoms with van der Waals surface area (Å²) in [5, 5.41) is 14.2. The Bertz CT molecular complexity index is 1050. The molecule has 212 valence electrons. The van der Waals surface area contributed by atoms with Gasteiger partial charge >= 0.3 is 24.3 Å². The van der Waals surface area contributed by atoms with Crippen molar-refractivity contribution in [1.82, 2.24) is 14.8 Å². The number of pyridine rings is 1. The summed E-state index contributed by atoms with van der Waals surface area (Å²) in [5.41, 5.74) is 2.69. The Labute approximate surface area is 213 Å². The number of aromatic nitrogens is 1. The summed E-state index contributed by atoms with van der Waals surface area (Å²) < 4.78 is 68.5. The molecule has 1 aliphatic heterocycles. The summed E-state index contributed by atoms with van der Waals surface area (Å²) in [7, 11) is 4.13. The van der Waals surface area contributed by atoms with E-state index in [2.05, 4.69) is 30.0 Å². The Morgan fingerprint density at radius 2 is 1.55 bits per heavy atom. The Kier molecular flexibility index (Phi) is 11.6. The Morgan fingerprint density at radius 1 is 1.00 bits per heavy atom.